The number of carbonyl (C=O) groups excluding carboxylic acids is 1. The summed E-state index contributed by atoms with van der Waals surface area (Å²) in [5.41, 5.74) is 4.74. The molecule has 5 heteroatoms. The molecular weight excluding hydrogens is 312 g/mol. The summed E-state index contributed by atoms with van der Waals surface area (Å²) in [4.78, 5) is 16.6. The molecule has 1 aliphatic carbocycles. The van der Waals surface area contributed by atoms with Crippen LogP contribution in [0.1, 0.15) is 46.1 Å². The Morgan fingerprint density at radius 2 is 2.12 bits per heavy atom. The fourth-order valence-corrected chi connectivity index (χ4v) is 2.92. The third-order valence-electron chi connectivity index (χ3n) is 4.39. The van der Waals surface area contributed by atoms with Crippen LogP contribution in [0.3, 0.4) is 0 Å². The third-order valence-corrected chi connectivity index (χ3v) is 4.39. The summed E-state index contributed by atoms with van der Waals surface area (Å²) in [7, 11) is 0. The van der Waals surface area contributed by atoms with E-state index in [4.69, 9.17) is 0 Å². The fourth-order valence-electron chi connectivity index (χ4n) is 2.92. The molecule has 1 saturated carbocycles. The standard InChI is InChI=1S/C20H20N4O/c1-14-4-2-6-17(10-14)24-19(16-7-8-16)11-18(23-24)20(25)22-13-15-5-3-9-21-12-15/h2-6,9-12,16H,7-8,13H2,1H3,(H,22,25). The predicted octanol–water partition coefficient (Wildman–Crippen LogP) is 3.38. The molecule has 0 bridgehead atoms. The zero-order chi connectivity index (χ0) is 17.2. The highest BCUT2D eigenvalue weighted by Gasteiger charge is 2.29. The van der Waals surface area contributed by atoms with Crippen LogP contribution in [-0.2, 0) is 6.54 Å². The van der Waals surface area contributed by atoms with Gasteiger partial charge in [-0.1, -0.05) is 18.2 Å². The lowest BCUT2D eigenvalue weighted by molar-refractivity contribution is 0.0945. The highest BCUT2D eigenvalue weighted by Crippen LogP contribution is 2.41. The molecule has 0 aliphatic heterocycles. The first-order valence-electron chi connectivity index (χ1n) is 8.55. The number of hydrogen-bond donors (Lipinski definition) is 1. The van der Waals surface area contributed by atoms with E-state index in [1.54, 1.807) is 12.4 Å². The van der Waals surface area contributed by atoms with Gasteiger partial charge in [0, 0.05) is 30.6 Å². The first-order valence-corrected chi connectivity index (χ1v) is 8.55. The van der Waals surface area contributed by atoms with Crippen LogP contribution in [0.15, 0.2) is 54.9 Å². The molecule has 3 aromatic rings. The Morgan fingerprint density at radius 1 is 1.24 bits per heavy atom. The molecule has 5 nitrogen and oxygen atoms in total. The van der Waals surface area contributed by atoms with E-state index in [9.17, 15) is 4.79 Å². The maximum absolute atomic E-state index is 12.5. The van der Waals surface area contributed by atoms with Crippen molar-refractivity contribution in [3.8, 4) is 5.69 Å². The van der Waals surface area contributed by atoms with Crippen LogP contribution in [0.25, 0.3) is 5.69 Å². The number of amides is 1. The van der Waals surface area contributed by atoms with Gasteiger partial charge >= 0.3 is 0 Å². The molecule has 1 aliphatic rings. The molecule has 0 unspecified atom stereocenters. The average Bonchev–Trinajstić information content (AvgIpc) is 3.39. The molecule has 1 amide bonds. The number of pyridine rings is 1. The van der Waals surface area contributed by atoms with Crippen molar-refractivity contribution in [1.82, 2.24) is 20.1 Å². The zero-order valence-corrected chi connectivity index (χ0v) is 14.1. The molecule has 25 heavy (non-hydrogen) atoms. The second kappa shape index (κ2) is 6.51. The Balaban J connectivity index is 1.58. The maximum atomic E-state index is 12.5. The van der Waals surface area contributed by atoms with Crippen LogP contribution in [0.4, 0.5) is 0 Å². The van der Waals surface area contributed by atoms with Crippen molar-refractivity contribution in [1.29, 1.82) is 0 Å². The van der Waals surface area contributed by atoms with Crippen molar-refractivity contribution < 1.29 is 4.79 Å². The van der Waals surface area contributed by atoms with Gasteiger partial charge in [0.25, 0.3) is 5.91 Å². The zero-order valence-electron chi connectivity index (χ0n) is 14.1. The van der Waals surface area contributed by atoms with Crippen LogP contribution >= 0.6 is 0 Å². The Kier molecular flexibility index (Phi) is 4.06. The fraction of sp³-hybridized carbons (Fsp3) is 0.250. The van der Waals surface area contributed by atoms with E-state index in [2.05, 4.69) is 34.5 Å². The van der Waals surface area contributed by atoms with Gasteiger partial charge in [0.05, 0.1) is 5.69 Å². The lowest BCUT2D eigenvalue weighted by Crippen LogP contribution is -2.23. The molecule has 0 atom stereocenters. The smallest absolute Gasteiger partial charge is 0.272 e. The molecule has 1 aromatic carbocycles. The van der Waals surface area contributed by atoms with Gasteiger partial charge in [-0.2, -0.15) is 5.10 Å². The molecule has 0 radical (unpaired) electrons. The van der Waals surface area contributed by atoms with Gasteiger partial charge in [0.1, 0.15) is 0 Å². The van der Waals surface area contributed by atoms with Crippen molar-refractivity contribution in [2.45, 2.75) is 32.2 Å². The lowest BCUT2D eigenvalue weighted by atomic mass is 10.2. The molecule has 0 saturated heterocycles. The number of nitrogens with zero attached hydrogens (tertiary/aromatic N) is 3. The largest absolute Gasteiger partial charge is 0.347 e. The molecule has 4 rings (SSSR count). The van der Waals surface area contributed by atoms with Gasteiger partial charge < -0.3 is 5.32 Å². The molecule has 0 spiro atoms. The monoisotopic (exact) mass is 332 g/mol. The maximum Gasteiger partial charge on any atom is 0.272 e. The highest BCUT2D eigenvalue weighted by molar-refractivity contribution is 5.92. The number of aryl methyl sites for hydroxylation is 1. The van der Waals surface area contributed by atoms with Gasteiger partial charge in [-0.15, -0.1) is 0 Å². The summed E-state index contributed by atoms with van der Waals surface area (Å²) >= 11 is 0. The Morgan fingerprint density at radius 3 is 2.84 bits per heavy atom. The second-order valence-electron chi connectivity index (χ2n) is 6.52. The van der Waals surface area contributed by atoms with Crippen LogP contribution in [0.5, 0.6) is 0 Å². The second-order valence-corrected chi connectivity index (χ2v) is 6.52. The predicted molar refractivity (Wildman–Crippen MR) is 95.7 cm³/mol. The molecule has 126 valence electrons. The van der Waals surface area contributed by atoms with Gasteiger partial charge in [0.15, 0.2) is 5.69 Å². The Bertz CT molecular complexity index is 897. The van der Waals surface area contributed by atoms with Crippen LogP contribution < -0.4 is 5.32 Å². The van der Waals surface area contributed by atoms with Crippen molar-refractivity contribution >= 4 is 5.91 Å². The third kappa shape index (κ3) is 3.45. The summed E-state index contributed by atoms with van der Waals surface area (Å²) in [6.45, 7) is 2.51. The summed E-state index contributed by atoms with van der Waals surface area (Å²) in [5.74, 6) is 0.352. The topological polar surface area (TPSA) is 59.8 Å². The minimum Gasteiger partial charge on any atom is -0.347 e. The van der Waals surface area contributed by atoms with E-state index in [0.717, 1.165) is 29.8 Å². The molecule has 2 aromatic heterocycles. The minimum atomic E-state index is -0.155. The lowest BCUT2D eigenvalue weighted by Gasteiger charge is -2.07. The van der Waals surface area contributed by atoms with E-state index in [0.29, 0.717) is 18.2 Å². The first kappa shape index (κ1) is 15.6. The minimum absolute atomic E-state index is 0.155. The summed E-state index contributed by atoms with van der Waals surface area (Å²) in [6.07, 6.45) is 5.79. The van der Waals surface area contributed by atoms with Crippen molar-refractivity contribution in [2.75, 3.05) is 0 Å². The first-order chi connectivity index (χ1) is 12.2. The van der Waals surface area contributed by atoms with E-state index in [-0.39, 0.29) is 5.91 Å². The van der Waals surface area contributed by atoms with E-state index < -0.39 is 0 Å². The number of aromatic nitrogens is 3. The Hall–Kier alpha value is -2.95. The molecule has 1 fully saturated rings. The van der Waals surface area contributed by atoms with E-state index in [1.165, 1.54) is 5.56 Å². The number of rotatable bonds is 5. The molecule has 2 heterocycles. The van der Waals surface area contributed by atoms with Crippen LogP contribution in [0.2, 0.25) is 0 Å². The summed E-state index contributed by atoms with van der Waals surface area (Å²) in [6, 6.07) is 13.9. The van der Waals surface area contributed by atoms with Gasteiger partial charge in [-0.25, -0.2) is 4.68 Å². The number of benzene rings is 1. The van der Waals surface area contributed by atoms with Gasteiger partial charge in [0.2, 0.25) is 0 Å². The van der Waals surface area contributed by atoms with Crippen LogP contribution in [0, 0.1) is 6.92 Å². The normalized spacial score (nSPS) is 13.6. The SMILES string of the molecule is Cc1cccc(-n2nc(C(=O)NCc3cccnc3)cc2C2CC2)c1. The van der Waals surface area contributed by atoms with Crippen molar-refractivity contribution in [3.05, 3.63) is 77.4 Å². The summed E-state index contributed by atoms with van der Waals surface area (Å²) < 4.78 is 1.92. The van der Waals surface area contributed by atoms with E-state index >= 15 is 0 Å². The van der Waals surface area contributed by atoms with E-state index in [1.807, 2.05) is 35.0 Å². The van der Waals surface area contributed by atoms with Gasteiger partial charge in [-0.3, -0.25) is 9.78 Å². The number of nitrogens with one attached hydrogen (secondary N) is 1. The quantitative estimate of drug-likeness (QED) is 0.779. The molecule has 1 N–H and O–H groups in total. The van der Waals surface area contributed by atoms with Crippen LogP contribution in [-0.4, -0.2) is 20.7 Å². The highest BCUT2D eigenvalue weighted by atomic mass is 16.1. The number of hydrogen-bond acceptors (Lipinski definition) is 3. The van der Waals surface area contributed by atoms with Crippen molar-refractivity contribution in [3.63, 3.8) is 0 Å². The average molecular weight is 332 g/mol. The summed E-state index contributed by atoms with van der Waals surface area (Å²) in [5, 5.41) is 7.51. The molecular formula is C20H20N4O. The number of carbonyl (C=O) groups is 1. The Labute approximate surface area is 146 Å². The van der Waals surface area contributed by atoms with Gasteiger partial charge in [-0.05, 0) is 55.2 Å². The van der Waals surface area contributed by atoms with Crippen molar-refractivity contribution in [2.24, 2.45) is 0 Å².